The molecule has 1 aromatic rings. The van der Waals surface area contributed by atoms with Crippen LogP contribution < -0.4 is 5.73 Å². The molecule has 12 heavy (non-hydrogen) atoms. The minimum atomic E-state index is 0.748. The third-order valence-electron chi connectivity index (χ3n) is 1.97. The van der Waals surface area contributed by atoms with Crippen LogP contribution in [-0.4, -0.2) is 16.3 Å². The van der Waals surface area contributed by atoms with Crippen molar-refractivity contribution in [2.45, 2.75) is 33.2 Å². The monoisotopic (exact) mass is 167 g/mol. The van der Waals surface area contributed by atoms with E-state index in [1.165, 1.54) is 11.4 Å². The molecule has 1 rings (SSSR count). The Morgan fingerprint density at radius 1 is 1.58 bits per heavy atom. The van der Waals surface area contributed by atoms with Crippen molar-refractivity contribution < 1.29 is 0 Å². The summed E-state index contributed by atoms with van der Waals surface area (Å²) in [7, 11) is 0. The van der Waals surface area contributed by atoms with Crippen molar-refractivity contribution in [3.8, 4) is 0 Å². The second-order valence-electron chi connectivity index (χ2n) is 2.99. The number of nitrogens with two attached hydrogens (primary N) is 1. The molecule has 0 spiro atoms. The van der Waals surface area contributed by atoms with Gasteiger partial charge in [-0.05, 0) is 39.3 Å². The lowest BCUT2D eigenvalue weighted by atomic mass is 10.2. The Kier molecular flexibility index (Phi) is 3.29. The van der Waals surface area contributed by atoms with Crippen molar-refractivity contribution in [1.82, 2.24) is 9.78 Å². The lowest BCUT2D eigenvalue weighted by Crippen LogP contribution is -2.02. The van der Waals surface area contributed by atoms with Crippen molar-refractivity contribution in [2.75, 3.05) is 6.54 Å². The molecule has 0 atom stereocenters. The fourth-order valence-electron chi connectivity index (χ4n) is 1.30. The molecule has 3 nitrogen and oxygen atoms in total. The normalized spacial score (nSPS) is 10.6. The molecule has 0 bridgehead atoms. The van der Waals surface area contributed by atoms with Gasteiger partial charge in [0.15, 0.2) is 0 Å². The minimum absolute atomic E-state index is 0.748. The van der Waals surface area contributed by atoms with Gasteiger partial charge in [0.25, 0.3) is 0 Å². The molecule has 0 aliphatic heterocycles. The summed E-state index contributed by atoms with van der Waals surface area (Å²) in [6, 6.07) is 2.14. The van der Waals surface area contributed by atoms with E-state index in [1.807, 2.05) is 4.68 Å². The highest BCUT2D eigenvalue weighted by atomic mass is 15.3. The smallest absolute Gasteiger partial charge is 0.0627 e. The van der Waals surface area contributed by atoms with E-state index in [1.54, 1.807) is 0 Å². The average molecular weight is 167 g/mol. The van der Waals surface area contributed by atoms with Crippen LogP contribution in [0.15, 0.2) is 6.07 Å². The van der Waals surface area contributed by atoms with E-state index in [-0.39, 0.29) is 0 Å². The van der Waals surface area contributed by atoms with Crippen LogP contribution >= 0.6 is 0 Å². The molecule has 0 unspecified atom stereocenters. The van der Waals surface area contributed by atoms with E-state index in [0.717, 1.165) is 25.9 Å². The van der Waals surface area contributed by atoms with E-state index >= 15 is 0 Å². The number of nitrogens with zero attached hydrogens (tertiary/aromatic N) is 2. The van der Waals surface area contributed by atoms with Crippen LogP contribution in [0.25, 0.3) is 0 Å². The summed E-state index contributed by atoms with van der Waals surface area (Å²) in [6.45, 7) is 5.89. The first-order valence-corrected chi connectivity index (χ1v) is 4.51. The first-order chi connectivity index (χ1) is 5.77. The van der Waals surface area contributed by atoms with Crippen LogP contribution in [0.1, 0.15) is 24.7 Å². The lowest BCUT2D eigenvalue weighted by molar-refractivity contribution is 0.625. The minimum Gasteiger partial charge on any atom is -0.330 e. The predicted molar refractivity (Wildman–Crippen MR) is 50.0 cm³/mol. The van der Waals surface area contributed by atoms with E-state index in [0.29, 0.717) is 0 Å². The van der Waals surface area contributed by atoms with Gasteiger partial charge >= 0.3 is 0 Å². The number of hydrogen-bond donors (Lipinski definition) is 1. The third-order valence-corrected chi connectivity index (χ3v) is 1.97. The van der Waals surface area contributed by atoms with E-state index in [9.17, 15) is 0 Å². The van der Waals surface area contributed by atoms with Crippen LogP contribution in [0, 0.1) is 6.92 Å². The van der Waals surface area contributed by atoms with Gasteiger partial charge in [-0.25, -0.2) is 0 Å². The zero-order chi connectivity index (χ0) is 8.97. The first kappa shape index (κ1) is 9.26. The van der Waals surface area contributed by atoms with Gasteiger partial charge in [-0.3, -0.25) is 4.68 Å². The molecular formula is C9H17N3. The first-order valence-electron chi connectivity index (χ1n) is 4.51. The number of aromatic nitrogens is 2. The lowest BCUT2D eigenvalue weighted by Gasteiger charge is -1.96. The molecule has 2 N–H and O–H groups in total. The second-order valence-corrected chi connectivity index (χ2v) is 2.99. The number of hydrogen-bond acceptors (Lipinski definition) is 2. The van der Waals surface area contributed by atoms with Gasteiger partial charge in [0.1, 0.15) is 0 Å². The molecule has 0 radical (unpaired) electrons. The average Bonchev–Trinajstić information content (AvgIpc) is 2.43. The fourth-order valence-corrected chi connectivity index (χ4v) is 1.30. The largest absolute Gasteiger partial charge is 0.330 e. The highest BCUT2D eigenvalue weighted by Crippen LogP contribution is 2.04. The molecule has 68 valence electrons. The van der Waals surface area contributed by atoms with Crippen molar-refractivity contribution in [2.24, 2.45) is 5.73 Å². The van der Waals surface area contributed by atoms with Crippen molar-refractivity contribution >= 4 is 0 Å². The Hall–Kier alpha value is -0.830. The predicted octanol–water partition coefficient (Wildman–Crippen LogP) is 1.10. The molecule has 3 heteroatoms. The van der Waals surface area contributed by atoms with Gasteiger partial charge in [-0.1, -0.05) is 0 Å². The topological polar surface area (TPSA) is 43.8 Å². The molecule has 1 heterocycles. The zero-order valence-corrected chi connectivity index (χ0v) is 7.88. The standard InChI is InChI=1S/C9H17N3/c1-3-12-8(2)7-9(11-12)5-4-6-10/h7H,3-6,10H2,1-2H3. The van der Waals surface area contributed by atoms with Gasteiger partial charge < -0.3 is 5.73 Å². The van der Waals surface area contributed by atoms with Crippen LogP contribution in [-0.2, 0) is 13.0 Å². The van der Waals surface area contributed by atoms with Crippen LogP contribution in [0.4, 0.5) is 0 Å². The van der Waals surface area contributed by atoms with E-state index in [4.69, 9.17) is 5.73 Å². The van der Waals surface area contributed by atoms with Crippen LogP contribution in [0.2, 0.25) is 0 Å². The zero-order valence-electron chi connectivity index (χ0n) is 7.88. The third kappa shape index (κ3) is 2.08. The van der Waals surface area contributed by atoms with Gasteiger partial charge in [0.2, 0.25) is 0 Å². The Morgan fingerprint density at radius 2 is 2.33 bits per heavy atom. The summed E-state index contributed by atoms with van der Waals surface area (Å²) in [6.07, 6.45) is 2.03. The molecule has 0 saturated carbocycles. The summed E-state index contributed by atoms with van der Waals surface area (Å²) in [4.78, 5) is 0. The Bertz CT molecular complexity index is 240. The summed E-state index contributed by atoms with van der Waals surface area (Å²) in [5, 5.41) is 4.43. The highest BCUT2D eigenvalue weighted by molar-refractivity contribution is 5.08. The van der Waals surface area contributed by atoms with E-state index < -0.39 is 0 Å². The van der Waals surface area contributed by atoms with Gasteiger partial charge in [0, 0.05) is 12.2 Å². The van der Waals surface area contributed by atoms with Gasteiger partial charge in [0.05, 0.1) is 5.69 Å². The van der Waals surface area contributed by atoms with Crippen LogP contribution in [0.3, 0.4) is 0 Å². The summed E-state index contributed by atoms with van der Waals surface area (Å²) < 4.78 is 2.02. The SMILES string of the molecule is CCn1nc(CCCN)cc1C. The molecule has 0 aliphatic rings. The van der Waals surface area contributed by atoms with Gasteiger partial charge in [-0.2, -0.15) is 5.10 Å². The highest BCUT2D eigenvalue weighted by Gasteiger charge is 2.00. The summed E-state index contributed by atoms with van der Waals surface area (Å²) in [5.41, 5.74) is 7.83. The number of rotatable bonds is 4. The van der Waals surface area contributed by atoms with Crippen LogP contribution in [0.5, 0.6) is 0 Å². The van der Waals surface area contributed by atoms with Crippen molar-refractivity contribution in [1.29, 1.82) is 0 Å². The maximum Gasteiger partial charge on any atom is 0.0627 e. The van der Waals surface area contributed by atoms with E-state index in [2.05, 4.69) is 25.0 Å². The van der Waals surface area contributed by atoms with Gasteiger partial charge in [-0.15, -0.1) is 0 Å². The Balaban J connectivity index is 2.62. The van der Waals surface area contributed by atoms with Crippen molar-refractivity contribution in [3.05, 3.63) is 17.5 Å². The molecule has 0 aliphatic carbocycles. The molecule has 0 fully saturated rings. The quantitative estimate of drug-likeness (QED) is 0.730. The molecule has 1 aromatic heterocycles. The molecule has 0 saturated heterocycles. The Labute approximate surface area is 73.6 Å². The maximum absolute atomic E-state index is 5.42. The summed E-state index contributed by atoms with van der Waals surface area (Å²) in [5.74, 6) is 0. The summed E-state index contributed by atoms with van der Waals surface area (Å²) >= 11 is 0. The molecular weight excluding hydrogens is 150 g/mol. The Morgan fingerprint density at radius 3 is 2.83 bits per heavy atom. The fraction of sp³-hybridized carbons (Fsp3) is 0.667. The van der Waals surface area contributed by atoms with Crippen molar-refractivity contribution in [3.63, 3.8) is 0 Å². The molecule has 0 aromatic carbocycles. The maximum atomic E-state index is 5.42. The molecule has 0 amide bonds. The number of aryl methyl sites for hydroxylation is 3. The second kappa shape index (κ2) is 4.26.